The number of nitrogens with zero attached hydrogens (tertiary/aromatic N) is 1. The van der Waals surface area contributed by atoms with E-state index < -0.39 is 34.0 Å². The van der Waals surface area contributed by atoms with Crippen LogP contribution >= 0.6 is 15.9 Å². The molecule has 1 aliphatic heterocycles. The monoisotopic (exact) mass is 394 g/mol. The van der Waals surface area contributed by atoms with Crippen molar-refractivity contribution in [1.82, 2.24) is 9.62 Å². The van der Waals surface area contributed by atoms with Crippen LogP contribution in [0, 0.1) is 5.82 Å². The van der Waals surface area contributed by atoms with Gasteiger partial charge in [0.05, 0.1) is 16.8 Å². The standard InChI is InChI=1S/C13H16BrFN2O4S/c1-22(20,21)16-11-4-5-17(13(18)19)12(11)7-8-2-3-10(15)9(14)6-8/h2-3,6,11-12,16H,4-5,7H2,1H3,(H,18,19). The Morgan fingerprint density at radius 3 is 2.77 bits per heavy atom. The van der Waals surface area contributed by atoms with Crippen LogP contribution in [0.15, 0.2) is 22.7 Å². The SMILES string of the molecule is CS(=O)(=O)NC1CCN(C(=O)O)C1Cc1ccc(F)c(Br)c1. The summed E-state index contributed by atoms with van der Waals surface area (Å²) in [5, 5.41) is 9.26. The second-order valence-electron chi connectivity index (χ2n) is 5.28. The maximum atomic E-state index is 13.3. The minimum atomic E-state index is -3.44. The summed E-state index contributed by atoms with van der Waals surface area (Å²) in [7, 11) is -3.44. The van der Waals surface area contributed by atoms with Crippen molar-refractivity contribution in [2.24, 2.45) is 0 Å². The average molecular weight is 395 g/mol. The molecule has 1 heterocycles. The van der Waals surface area contributed by atoms with Crippen LogP contribution in [0.5, 0.6) is 0 Å². The molecule has 1 aliphatic rings. The van der Waals surface area contributed by atoms with Crippen molar-refractivity contribution in [2.75, 3.05) is 12.8 Å². The molecule has 2 rings (SSSR count). The Bertz CT molecular complexity index is 683. The van der Waals surface area contributed by atoms with Gasteiger partial charge in [0.15, 0.2) is 0 Å². The topological polar surface area (TPSA) is 86.7 Å². The molecule has 1 saturated heterocycles. The van der Waals surface area contributed by atoms with Crippen LogP contribution in [0.25, 0.3) is 0 Å². The van der Waals surface area contributed by atoms with Crippen LogP contribution in [0.4, 0.5) is 9.18 Å². The van der Waals surface area contributed by atoms with E-state index in [1.165, 1.54) is 11.0 Å². The van der Waals surface area contributed by atoms with Gasteiger partial charge in [-0.15, -0.1) is 0 Å². The molecule has 9 heteroatoms. The summed E-state index contributed by atoms with van der Waals surface area (Å²) >= 11 is 3.09. The molecule has 1 aromatic carbocycles. The number of hydrogen-bond donors (Lipinski definition) is 2. The zero-order chi connectivity index (χ0) is 16.5. The highest BCUT2D eigenvalue weighted by Gasteiger charge is 2.38. The summed E-state index contributed by atoms with van der Waals surface area (Å²) in [6, 6.07) is 3.42. The maximum absolute atomic E-state index is 13.3. The minimum Gasteiger partial charge on any atom is -0.465 e. The van der Waals surface area contributed by atoms with E-state index in [1.807, 2.05) is 0 Å². The molecule has 6 nitrogen and oxygen atoms in total. The molecular weight excluding hydrogens is 379 g/mol. The molecule has 0 saturated carbocycles. The first-order valence-electron chi connectivity index (χ1n) is 6.58. The number of halogens is 2. The summed E-state index contributed by atoms with van der Waals surface area (Å²) in [5.41, 5.74) is 0.728. The Hall–Kier alpha value is -1.19. The predicted octanol–water partition coefficient (Wildman–Crippen LogP) is 1.80. The van der Waals surface area contributed by atoms with Crippen LogP contribution in [0.1, 0.15) is 12.0 Å². The molecular formula is C13H16BrFN2O4S. The summed E-state index contributed by atoms with van der Waals surface area (Å²) in [6.45, 7) is 0.259. The largest absolute Gasteiger partial charge is 0.465 e. The summed E-state index contributed by atoms with van der Waals surface area (Å²) in [5.74, 6) is -0.406. The number of carboxylic acid groups (broad SMARTS) is 1. The van der Waals surface area contributed by atoms with Gasteiger partial charge in [0.25, 0.3) is 0 Å². The van der Waals surface area contributed by atoms with Crippen molar-refractivity contribution in [3.05, 3.63) is 34.1 Å². The molecule has 22 heavy (non-hydrogen) atoms. The number of hydrogen-bond acceptors (Lipinski definition) is 3. The fourth-order valence-electron chi connectivity index (χ4n) is 2.66. The lowest BCUT2D eigenvalue weighted by atomic mass is 10.0. The van der Waals surface area contributed by atoms with Crippen LogP contribution in [0.3, 0.4) is 0 Å². The maximum Gasteiger partial charge on any atom is 0.407 e. The van der Waals surface area contributed by atoms with Gasteiger partial charge in [0.2, 0.25) is 10.0 Å². The van der Waals surface area contributed by atoms with Crippen molar-refractivity contribution >= 4 is 32.0 Å². The lowest BCUT2D eigenvalue weighted by molar-refractivity contribution is 0.137. The van der Waals surface area contributed by atoms with E-state index in [9.17, 15) is 22.7 Å². The number of benzene rings is 1. The van der Waals surface area contributed by atoms with Crippen molar-refractivity contribution in [3.63, 3.8) is 0 Å². The number of sulfonamides is 1. The number of carbonyl (C=O) groups is 1. The van der Waals surface area contributed by atoms with Gasteiger partial charge < -0.3 is 10.0 Å². The molecule has 2 N–H and O–H groups in total. The smallest absolute Gasteiger partial charge is 0.407 e. The first-order chi connectivity index (χ1) is 10.2. The highest BCUT2D eigenvalue weighted by Crippen LogP contribution is 2.25. The fourth-order valence-corrected chi connectivity index (χ4v) is 3.92. The van der Waals surface area contributed by atoms with Crippen molar-refractivity contribution in [1.29, 1.82) is 0 Å². The molecule has 0 aromatic heterocycles. The van der Waals surface area contributed by atoms with Crippen LogP contribution < -0.4 is 4.72 Å². The molecule has 122 valence electrons. The second-order valence-corrected chi connectivity index (χ2v) is 7.92. The summed E-state index contributed by atoms with van der Waals surface area (Å²) in [4.78, 5) is 12.5. The Labute approximate surface area is 136 Å². The predicted molar refractivity (Wildman–Crippen MR) is 82.7 cm³/mol. The zero-order valence-corrected chi connectivity index (χ0v) is 14.2. The van der Waals surface area contributed by atoms with E-state index >= 15 is 0 Å². The normalized spacial score (nSPS) is 22.0. The Kier molecular flexibility index (Phi) is 5.08. The lowest BCUT2D eigenvalue weighted by Crippen LogP contribution is -2.47. The first kappa shape index (κ1) is 17.2. The van der Waals surface area contributed by atoms with Gasteiger partial charge >= 0.3 is 6.09 Å². The highest BCUT2D eigenvalue weighted by atomic mass is 79.9. The number of nitrogens with one attached hydrogen (secondary N) is 1. The lowest BCUT2D eigenvalue weighted by Gasteiger charge is -2.26. The second kappa shape index (κ2) is 6.51. The van der Waals surface area contributed by atoms with Gasteiger partial charge in [-0.3, -0.25) is 0 Å². The number of rotatable bonds is 4. The Morgan fingerprint density at radius 2 is 2.23 bits per heavy atom. The van der Waals surface area contributed by atoms with Gasteiger partial charge in [0.1, 0.15) is 5.82 Å². The van der Waals surface area contributed by atoms with Crippen LogP contribution in [-0.4, -0.2) is 49.4 Å². The third kappa shape index (κ3) is 4.17. The van der Waals surface area contributed by atoms with Gasteiger partial charge in [-0.05, 0) is 46.5 Å². The Morgan fingerprint density at radius 1 is 1.55 bits per heavy atom. The van der Waals surface area contributed by atoms with Crippen molar-refractivity contribution in [2.45, 2.75) is 24.9 Å². The molecule has 0 aliphatic carbocycles. The zero-order valence-electron chi connectivity index (χ0n) is 11.8. The van der Waals surface area contributed by atoms with E-state index in [4.69, 9.17) is 0 Å². The van der Waals surface area contributed by atoms with Crippen LogP contribution in [-0.2, 0) is 16.4 Å². The molecule has 1 amide bonds. The molecule has 0 bridgehead atoms. The number of likely N-dealkylation sites (tertiary alicyclic amines) is 1. The van der Waals surface area contributed by atoms with E-state index in [0.717, 1.165) is 11.8 Å². The van der Waals surface area contributed by atoms with E-state index in [2.05, 4.69) is 20.7 Å². The van der Waals surface area contributed by atoms with Gasteiger partial charge in [-0.2, -0.15) is 0 Å². The number of amides is 1. The van der Waals surface area contributed by atoms with Crippen molar-refractivity contribution in [3.8, 4) is 0 Å². The minimum absolute atomic E-state index is 0.259. The van der Waals surface area contributed by atoms with E-state index in [1.54, 1.807) is 12.1 Å². The van der Waals surface area contributed by atoms with Gasteiger partial charge in [-0.1, -0.05) is 6.07 Å². The summed E-state index contributed by atoms with van der Waals surface area (Å²) in [6.07, 6.45) is 0.663. The molecule has 2 atom stereocenters. The van der Waals surface area contributed by atoms with E-state index in [-0.39, 0.29) is 11.0 Å². The van der Waals surface area contributed by atoms with E-state index in [0.29, 0.717) is 12.8 Å². The Balaban J connectivity index is 2.24. The van der Waals surface area contributed by atoms with Gasteiger partial charge in [0, 0.05) is 12.6 Å². The molecule has 0 spiro atoms. The highest BCUT2D eigenvalue weighted by molar-refractivity contribution is 9.10. The van der Waals surface area contributed by atoms with Crippen molar-refractivity contribution < 1.29 is 22.7 Å². The average Bonchev–Trinajstić information content (AvgIpc) is 2.75. The molecule has 1 fully saturated rings. The van der Waals surface area contributed by atoms with Crippen LogP contribution in [0.2, 0.25) is 0 Å². The fraction of sp³-hybridized carbons (Fsp3) is 0.462. The van der Waals surface area contributed by atoms with Gasteiger partial charge in [-0.25, -0.2) is 22.3 Å². The third-order valence-electron chi connectivity index (χ3n) is 3.59. The quantitative estimate of drug-likeness (QED) is 0.814. The molecule has 1 aromatic rings. The first-order valence-corrected chi connectivity index (χ1v) is 9.26. The summed E-state index contributed by atoms with van der Waals surface area (Å²) < 4.78 is 38.9. The molecule has 0 radical (unpaired) electrons. The molecule has 2 unspecified atom stereocenters. The third-order valence-corrected chi connectivity index (χ3v) is 4.92.